The van der Waals surface area contributed by atoms with Gasteiger partial charge in [0.2, 0.25) is 0 Å². The molecule has 0 saturated heterocycles. The average Bonchev–Trinajstić information content (AvgIpc) is 2.00. The van der Waals surface area contributed by atoms with E-state index in [0.717, 1.165) is 6.42 Å². The molecule has 3 nitrogen and oxygen atoms in total. The summed E-state index contributed by atoms with van der Waals surface area (Å²) >= 11 is 0. The fraction of sp³-hybridized carbons (Fsp3) is 1.00. The normalized spacial score (nSPS) is 19.3. The van der Waals surface area contributed by atoms with Gasteiger partial charge >= 0.3 is 7.60 Å². The monoisotopic (exact) mass is 180 g/mol. The van der Waals surface area contributed by atoms with Crippen LogP contribution in [-0.2, 0) is 13.6 Å². The Hall–Kier alpha value is 0.150. The second-order valence-corrected chi connectivity index (χ2v) is 4.93. The minimum Gasteiger partial charge on any atom is -0.312 e. The van der Waals surface area contributed by atoms with Gasteiger partial charge in [-0.05, 0) is 5.92 Å². The van der Waals surface area contributed by atoms with Crippen molar-refractivity contribution in [3.05, 3.63) is 0 Å². The SMILES string of the molecule is CCC(C)COP(C)(=O)OC. The lowest BCUT2D eigenvalue weighted by Crippen LogP contribution is -2.03. The summed E-state index contributed by atoms with van der Waals surface area (Å²) in [5.41, 5.74) is 0. The second-order valence-electron chi connectivity index (χ2n) is 2.76. The van der Waals surface area contributed by atoms with Crippen molar-refractivity contribution in [2.24, 2.45) is 5.92 Å². The summed E-state index contributed by atoms with van der Waals surface area (Å²) in [6.45, 7) is 6.12. The maximum Gasteiger partial charge on any atom is 0.327 e. The van der Waals surface area contributed by atoms with Crippen LogP contribution in [0.4, 0.5) is 0 Å². The molecule has 11 heavy (non-hydrogen) atoms. The largest absolute Gasteiger partial charge is 0.327 e. The molecule has 0 N–H and O–H groups in total. The van der Waals surface area contributed by atoms with Crippen molar-refractivity contribution >= 4 is 7.60 Å². The Labute approximate surface area is 68.6 Å². The quantitative estimate of drug-likeness (QED) is 0.610. The van der Waals surface area contributed by atoms with Crippen LogP contribution in [0.5, 0.6) is 0 Å². The van der Waals surface area contributed by atoms with Crippen molar-refractivity contribution in [1.29, 1.82) is 0 Å². The highest BCUT2D eigenvalue weighted by molar-refractivity contribution is 7.52. The van der Waals surface area contributed by atoms with Gasteiger partial charge in [0.1, 0.15) is 0 Å². The Kier molecular flexibility index (Phi) is 4.98. The van der Waals surface area contributed by atoms with Crippen molar-refractivity contribution in [2.75, 3.05) is 20.4 Å². The molecule has 68 valence electrons. The first-order chi connectivity index (χ1) is 5.02. The third-order valence-corrected chi connectivity index (χ3v) is 2.90. The Morgan fingerprint density at radius 1 is 1.55 bits per heavy atom. The molecule has 0 rings (SSSR count). The van der Waals surface area contributed by atoms with E-state index in [-0.39, 0.29) is 0 Å². The molecule has 2 atom stereocenters. The number of hydrogen-bond acceptors (Lipinski definition) is 3. The summed E-state index contributed by atoms with van der Waals surface area (Å²) < 4.78 is 20.9. The van der Waals surface area contributed by atoms with Gasteiger partial charge in [-0.15, -0.1) is 0 Å². The van der Waals surface area contributed by atoms with Gasteiger partial charge < -0.3 is 9.05 Å². The van der Waals surface area contributed by atoms with Crippen LogP contribution in [0.15, 0.2) is 0 Å². The van der Waals surface area contributed by atoms with Crippen LogP contribution >= 0.6 is 7.60 Å². The molecule has 0 aromatic rings. The Bertz CT molecular complexity index is 147. The zero-order chi connectivity index (χ0) is 8.91. The van der Waals surface area contributed by atoms with Crippen LogP contribution in [0.3, 0.4) is 0 Å². The Balaban J connectivity index is 3.61. The molecule has 0 saturated carbocycles. The molecule has 0 bridgehead atoms. The molecule has 0 aliphatic carbocycles. The standard InChI is InChI=1S/C7H17O3P/c1-5-7(2)6-10-11(4,8)9-3/h7H,5-6H2,1-4H3. The molecule has 0 aromatic heterocycles. The predicted octanol–water partition coefficient (Wildman–Crippen LogP) is 2.52. The van der Waals surface area contributed by atoms with Gasteiger partial charge in [-0.3, -0.25) is 4.57 Å². The highest BCUT2D eigenvalue weighted by Gasteiger charge is 2.14. The van der Waals surface area contributed by atoms with E-state index < -0.39 is 7.60 Å². The first-order valence-electron chi connectivity index (χ1n) is 3.79. The van der Waals surface area contributed by atoms with Gasteiger partial charge in [0, 0.05) is 13.8 Å². The van der Waals surface area contributed by atoms with Crippen LogP contribution in [0.1, 0.15) is 20.3 Å². The Morgan fingerprint density at radius 2 is 2.09 bits per heavy atom. The number of hydrogen-bond donors (Lipinski definition) is 0. The lowest BCUT2D eigenvalue weighted by Gasteiger charge is -2.13. The van der Waals surface area contributed by atoms with Gasteiger partial charge in [0.25, 0.3) is 0 Å². The minimum absolute atomic E-state index is 0.443. The molecular formula is C7H17O3P. The topological polar surface area (TPSA) is 35.5 Å². The molecule has 4 heteroatoms. The van der Waals surface area contributed by atoms with E-state index in [0.29, 0.717) is 12.5 Å². The average molecular weight is 180 g/mol. The second kappa shape index (κ2) is 4.91. The molecule has 0 radical (unpaired) electrons. The van der Waals surface area contributed by atoms with Crippen LogP contribution in [0.25, 0.3) is 0 Å². The minimum atomic E-state index is -2.74. The molecule has 0 spiro atoms. The van der Waals surface area contributed by atoms with E-state index in [2.05, 4.69) is 18.4 Å². The summed E-state index contributed by atoms with van der Waals surface area (Å²) in [6, 6.07) is 0. The van der Waals surface area contributed by atoms with E-state index in [1.165, 1.54) is 13.8 Å². The Morgan fingerprint density at radius 3 is 2.45 bits per heavy atom. The molecule has 0 heterocycles. The summed E-state index contributed by atoms with van der Waals surface area (Å²) in [4.78, 5) is 0. The van der Waals surface area contributed by atoms with Crippen molar-refractivity contribution in [2.45, 2.75) is 20.3 Å². The summed E-state index contributed by atoms with van der Waals surface area (Å²) in [5, 5.41) is 0. The van der Waals surface area contributed by atoms with E-state index in [9.17, 15) is 4.57 Å². The van der Waals surface area contributed by atoms with Crippen LogP contribution in [0, 0.1) is 5.92 Å². The summed E-state index contributed by atoms with van der Waals surface area (Å²) in [7, 11) is -1.34. The van der Waals surface area contributed by atoms with Crippen molar-refractivity contribution < 1.29 is 13.6 Å². The van der Waals surface area contributed by atoms with Gasteiger partial charge in [0.15, 0.2) is 0 Å². The maximum atomic E-state index is 11.2. The van der Waals surface area contributed by atoms with E-state index in [1.54, 1.807) is 0 Å². The van der Waals surface area contributed by atoms with Gasteiger partial charge in [-0.25, -0.2) is 0 Å². The lowest BCUT2D eigenvalue weighted by atomic mass is 10.1. The van der Waals surface area contributed by atoms with Gasteiger partial charge in [-0.2, -0.15) is 0 Å². The van der Waals surface area contributed by atoms with E-state index in [1.807, 2.05) is 0 Å². The predicted molar refractivity (Wildman–Crippen MR) is 45.9 cm³/mol. The summed E-state index contributed by atoms with van der Waals surface area (Å²) in [6.07, 6.45) is 1.03. The molecular weight excluding hydrogens is 163 g/mol. The first-order valence-corrected chi connectivity index (χ1v) is 5.78. The fourth-order valence-corrected chi connectivity index (χ4v) is 1.06. The molecule has 0 aromatic carbocycles. The zero-order valence-corrected chi connectivity index (χ0v) is 8.56. The van der Waals surface area contributed by atoms with Crippen molar-refractivity contribution in [1.82, 2.24) is 0 Å². The van der Waals surface area contributed by atoms with Gasteiger partial charge in [0.05, 0.1) is 6.61 Å². The summed E-state index contributed by atoms with van der Waals surface area (Å²) in [5.74, 6) is 0.443. The molecule has 0 aliphatic heterocycles. The van der Waals surface area contributed by atoms with Crippen LogP contribution in [0.2, 0.25) is 0 Å². The van der Waals surface area contributed by atoms with Crippen LogP contribution in [-0.4, -0.2) is 20.4 Å². The van der Waals surface area contributed by atoms with Crippen LogP contribution < -0.4 is 0 Å². The van der Waals surface area contributed by atoms with E-state index >= 15 is 0 Å². The fourth-order valence-electron chi connectivity index (χ4n) is 0.433. The molecule has 2 unspecified atom stereocenters. The van der Waals surface area contributed by atoms with E-state index in [4.69, 9.17) is 4.52 Å². The maximum absolute atomic E-state index is 11.2. The van der Waals surface area contributed by atoms with Gasteiger partial charge in [-0.1, -0.05) is 20.3 Å². The highest BCUT2D eigenvalue weighted by atomic mass is 31.2. The molecule has 0 aliphatic rings. The third-order valence-electron chi connectivity index (χ3n) is 1.62. The zero-order valence-electron chi connectivity index (χ0n) is 7.66. The smallest absolute Gasteiger partial charge is 0.312 e. The third kappa shape index (κ3) is 5.42. The molecule has 0 amide bonds. The molecule has 0 fully saturated rings. The lowest BCUT2D eigenvalue weighted by molar-refractivity contribution is 0.206. The van der Waals surface area contributed by atoms with Crippen molar-refractivity contribution in [3.8, 4) is 0 Å². The van der Waals surface area contributed by atoms with Crippen molar-refractivity contribution in [3.63, 3.8) is 0 Å². The first kappa shape index (κ1) is 11.2. The number of rotatable bonds is 5. The highest BCUT2D eigenvalue weighted by Crippen LogP contribution is 2.42.